The van der Waals surface area contributed by atoms with Gasteiger partial charge in [-0.1, -0.05) is 12.8 Å². The summed E-state index contributed by atoms with van der Waals surface area (Å²) in [5.74, 6) is -1.05. The summed E-state index contributed by atoms with van der Waals surface area (Å²) in [6.07, 6.45) is 7.19. The first-order valence-corrected chi connectivity index (χ1v) is 8.40. The summed E-state index contributed by atoms with van der Waals surface area (Å²) < 4.78 is 0.306. The Morgan fingerprint density at radius 3 is 2.95 bits per heavy atom. The van der Waals surface area contributed by atoms with Crippen LogP contribution in [0.1, 0.15) is 37.4 Å². The Kier molecular flexibility index (Phi) is 4.70. The third kappa shape index (κ3) is 3.40. The predicted molar refractivity (Wildman–Crippen MR) is 79.9 cm³/mol. The average molecular weight is 301 g/mol. The molecule has 106 valence electrons. The van der Waals surface area contributed by atoms with E-state index >= 15 is 0 Å². The molecule has 0 bridgehead atoms. The van der Waals surface area contributed by atoms with Gasteiger partial charge in [0.15, 0.2) is 5.13 Å². The zero-order chi connectivity index (χ0) is 13.9. The maximum absolute atomic E-state index is 10.8. The summed E-state index contributed by atoms with van der Waals surface area (Å²) >= 11 is 3.33. The van der Waals surface area contributed by atoms with Crippen LogP contribution in [0.4, 0.5) is 5.13 Å². The number of anilines is 1. The molecule has 0 aliphatic heterocycles. The molecular formula is C12H19N3O2S2. The van der Waals surface area contributed by atoms with Gasteiger partial charge in [0, 0.05) is 16.7 Å². The van der Waals surface area contributed by atoms with Crippen LogP contribution >= 0.6 is 23.1 Å². The molecule has 1 aromatic rings. The summed E-state index contributed by atoms with van der Waals surface area (Å²) in [4.78, 5) is 15.0. The Labute approximate surface area is 121 Å². The lowest BCUT2D eigenvalue weighted by Gasteiger charge is -2.26. The zero-order valence-electron chi connectivity index (χ0n) is 10.9. The molecule has 1 saturated carbocycles. The number of rotatable bonds is 6. The van der Waals surface area contributed by atoms with Gasteiger partial charge in [-0.05, 0) is 19.1 Å². The number of aliphatic carboxylic acids is 1. The molecule has 1 unspecified atom stereocenters. The number of aromatic nitrogens is 1. The van der Waals surface area contributed by atoms with Gasteiger partial charge in [-0.25, -0.2) is 4.98 Å². The lowest BCUT2D eigenvalue weighted by Crippen LogP contribution is -2.30. The van der Waals surface area contributed by atoms with Crippen LogP contribution in [0.3, 0.4) is 0 Å². The Balaban J connectivity index is 1.95. The van der Waals surface area contributed by atoms with Crippen molar-refractivity contribution < 1.29 is 9.90 Å². The maximum Gasteiger partial charge on any atom is 0.326 e. The van der Waals surface area contributed by atoms with E-state index in [-0.39, 0.29) is 0 Å². The van der Waals surface area contributed by atoms with Gasteiger partial charge in [-0.3, -0.25) is 4.79 Å². The second-order valence-electron chi connectivity index (χ2n) is 4.84. The molecule has 5 nitrogen and oxygen atoms in total. The summed E-state index contributed by atoms with van der Waals surface area (Å²) in [6, 6.07) is -1.03. The van der Waals surface area contributed by atoms with E-state index in [1.807, 2.05) is 11.8 Å². The molecule has 0 amide bonds. The van der Waals surface area contributed by atoms with Crippen molar-refractivity contribution >= 4 is 34.2 Å². The molecule has 19 heavy (non-hydrogen) atoms. The summed E-state index contributed by atoms with van der Waals surface area (Å²) in [5.41, 5.74) is 5.96. The first-order chi connectivity index (χ1) is 9.06. The number of hydrogen-bond donors (Lipinski definition) is 3. The Morgan fingerprint density at radius 1 is 1.68 bits per heavy atom. The van der Waals surface area contributed by atoms with Crippen molar-refractivity contribution in [2.24, 2.45) is 5.73 Å². The summed E-state index contributed by atoms with van der Waals surface area (Å²) in [5, 5.41) is 14.6. The van der Waals surface area contributed by atoms with E-state index in [4.69, 9.17) is 10.8 Å². The predicted octanol–water partition coefficient (Wildman–Crippen LogP) is 2.32. The normalized spacial score (nSPS) is 19.3. The highest BCUT2D eigenvalue weighted by Gasteiger charge is 2.32. The minimum absolute atomic E-state index is 0.306. The molecule has 7 heteroatoms. The van der Waals surface area contributed by atoms with Crippen molar-refractivity contribution in [3.8, 4) is 0 Å². The quantitative estimate of drug-likeness (QED) is 0.747. The van der Waals surface area contributed by atoms with Gasteiger partial charge in [0.1, 0.15) is 6.04 Å². The number of thioether (sulfide) groups is 1. The van der Waals surface area contributed by atoms with Gasteiger partial charge >= 0.3 is 5.97 Å². The Bertz CT molecular complexity index is 444. The van der Waals surface area contributed by atoms with Gasteiger partial charge in [0.2, 0.25) is 0 Å². The number of nitrogens with two attached hydrogens (primary N) is 1. The molecule has 1 aliphatic rings. The van der Waals surface area contributed by atoms with Crippen molar-refractivity contribution in [1.82, 2.24) is 4.98 Å². The molecule has 0 saturated heterocycles. The fourth-order valence-corrected chi connectivity index (χ4v) is 4.00. The molecule has 0 radical (unpaired) electrons. The Morgan fingerprint density at radius 2 is 2.37 bits per heavy atom. The van der Waals surface area contributed by atoms with E-state index in [0.29, 0.717) is 10.4 Å². The molecule has 4 N–H and O–H groups in total. The molecule has 2 rings (SSSR count). The van der Waals surface area contributed by atoms with E-state index in [0.717, 1.165) is 11.7 Å². The first-order valence-electron chi connectivity index (χ1n) is 6.29. The van der Waals surface area contributed by atoms with Crippen LogP contribution in [0, 0.1) is 0 Å². The van der Waals surface area contributed by atoms with Crippen LogP contribution in [0.15, 0.2) is 5.38 Å². The Hall–Kier alpha value is -0.790. The summed E-state index contributed by atoms with van der Waals surface area (Å²) in [7, 11) is 0. The standard InChI is InChI=1S/C12H19N3O2S2/c1-18-12(4-2-3-5-12)7-14-11-15-8(6-19-11)9(13)10(16)17/h6,9H,2-5,7,13H2,1H3,(H,14,15)(H,16,17). The van der Waals surface area contributed by atoms with Crippen LogP contribution in [0.5, 0.6) is 0 Å². The van der Waals surface area contributed by atoms with E-state index < -0.39 is 12.0 Å². The number of carboxylic acids is 1. The van der Waals surface area contributed by atoms with Crippen molar-refractivity contribution in [2.45, 2.75) is 36.5 Å². The lowest BCUT2D eigenvalue weighted by molar-refractivity contribution is -0.138. The topological polar surface area (TPSA) is 88.2 Å². The highest BCUT2D eigenvalue weighted by molar-refractivity contribution is 8.00. The average Bonchev–Trinajstić information content (AvgIpc) is 3.05. The van der Waals surface area contributed by atoms with Crippen molar-refractivity contribution in [3.05, 3.63) is 11.1 Å². The van der Waals surface area contributed by atoms with Crippen LogP contribution in [-0.2, 0) is 4.79 Å². The number of nitrogens with one attached hydrogen (secondary N) is 1. The van der Waals surface area contributed by atoms with Gasteiger partial charge in [0.05, 0.1) is 5.69 Å². The highest BCUT2D eigenvalue weighted by atomic mass is 32.2. The number of carboxylic acid groups (broad SMARTS) is 1. The second-order valence-corrected chi connectivity index (χ2v) is 6.97. The van der Waals surface area contributed by atoms with Gasteiger partial charge < -0.3 is 16.2 Å². The minimum Gasteiger partial charge on any atom is -0.480 e. The monoisotopic (exact) mass is 301 g/mol. The zero-order valence-corrected chi connectivity index (χ0v) is 12.5. The third-order valence-electron chi connectivity index (χ3n) is 3.62. The van der Waals surface area contributed by atoms with Crippen LogP contribution in [0.2, 0.25) is 0 Å². The molecule has 0 spiro atoms. The fourth-order valence-electron chi connectivity index (χ4n) is 2.35. The van der Waals surface area contributed by atoms with E-state index in [2.05, 4.69) is 16.6 Å². The van der Waals surface area contributed by atoms with E-state index in [1.54, 1.807) is 5.38 Å². The van der Waals surface area contributed by atoms with Crippen LogP contribution < -0.4 is 11.1 Å². The smallest absolute Gasteiger partial charge is 0.326 e. The molecule has 1 heterocycles. The van der Waals surface area contributed by atoms with E-state index in [9.17, 15) is 4.79 Å². The molecular weight excluding hydrogens is 282 g/mol. The van der Waals surface area contributed by atoms with Crippen molar-refractivity contribution in [3.63, 3.8) is 0 Å². The minimum atomic E-state index is -1.05. The molecule has 0 aromatic carbocycles. The van der Waals surface area contributed by atoms with E-state index in [1.165, 1.54) is 37.0 Å². The van der Waals surface area contributed by atoms with Crippen molar-refractivity contribution in [1.29, 1.82) is 0 Å². The van der Waals surface area contributed by atoms with Crippen molar-refractivity contribution in [2.75, 3.05) is 18.1 Å². The number of hydrogen-bond acceptors (Lipinski definition) is 6. The SMILES string of the molecule is CSC1(CNc2nc(C(N)C(=O)O)cs2)CCCC1. The molecule has 1 atom stereocenters. The van der Waals surface area contributed by atoms with Gasteiger partial charge in [-0.15, -0.1) is 11.3 Å². The highest BCUT2D eigenvalue weighted by Crippen LogP contribution is 2.40. The molecule has 1 aliphatic carbocycles. The first kappa shape index (κ1) is 14.6. The second kappa shape index (κ2) is 6.11. The number of carbonyl (C=O) groups is 1. The van der Waals surface area contributed by atoms with Crippen LogP contribution in [-0.4, -0.2) is 33.6 Å². The number of thiazole rings is 1. The lowest BCUT2D eigenvalue weighted by atomic mass is 10.1. The largest absolute Gasteiger partial charge is 0.480 e. The maximum atomic E-state index is 10.8. The third-order valence-corrected chi connectivity index (χ3v) is 5.85. The molecule has 1 fully saturated rings. The van der Waals surface area contributed by atoms with Gasteiger partial charge in [-0.2, -0.15) is 11.8 Å². The molecule has 1 aromatic heterocycles. The van der Waals surface area contributed by atoms with Crippen LogP contribution in [0.25, 0.3) is 0 Å². The number of nitrogens with zero attached hydrogens (tertiary/aromatic N) is 1. The fraction of sp³-hybridized carbons (Fsp3) is 0.667. The van der Waals surface area contributed by atoms with Gasteiger partial charge in [0.25, 0.3) is 0 Å². The summed E-state index contributed by atoms with van der Waals surface area (Å²) in [6.45, 7) is 0.878.